The van der Waals surface area contributed by atoms with Gasteiger partial charge in [0.1, 0.15) is 0 Å². The van der Waals surface area contributed by atoms with Gasteiger partial charge < -0.3 is 10.6 Å². The van der Waals surface area contributed by atoms with Gasteiger partial charge in [-0.25, -0.2) is 0 Å². The maximum Gasteiger partial charge on any atom is 0.0817 e. The maximum absolute atomic E-state index is 6.11. The molecule has 0 aliphatic rings. The van der Waals surface area contributed by atoms with Gasteiger partial charge in [-0.05, 0) is 38.0 Å². The van der Waals surface area contributed by atoms with Crippen molar-refractivity contribution >= 4 is 11.4 Å². The van der Waals surface area contributed by atoms with Crippen LogP contribution < -0.4 is 10.6 Å². The number of anilines is 2. The summed E-state index contributed by atoms with van der Waals surface area (Å²) in [5.41, 5.74) is 9.12. The predicted octanol–water partition coefficient (Wildman–Crippen LogP) is 3.85. The molecule has 1 atom stereocenters. The lowest BCUT2D eigenvalue weighted by atomic mass is 10.2. The molecule has 114 valence electrons. The van der Waals surface area contributed by atoms with Crippen molar-refractivity contribution in [3.8, 4) is 0 Å². The quantitative estimate of drug-likeness (QED) is 0.786. The summed E-state index contributed by atoms with van der Waals surface area (Å²) in [7, 11) is 0. The highest BCUT2D eigenvalue weighted by Crippen LogP contribution is 2.24. The van der Waals surface area contributed by atoms with E-state index in [1.54, 1.807) is 0 Å². The van der Waals surface area contributed by atoms with E-state index >= 15 is 0 Å². The zero-order valence-corrected chi connectivity index (χ0v) is 13.3. The molecule has 0 saturated carbocycles. The van der Waals surface area contributed by atoms with Crippen LogP contribution in [0.15, 0.2) is 36.5 Å². The molecule has 0 bridgehead atoms. The minimum absolute atomic E-state index is 0.445. The molecule has 2 rings (SSSR count). The zero-order chi connectivity index (χ0) is 15.2. The molecule has 2 N–H and O–H groups in total. The highest BCUT2D eigenvalue weighted by atomic mass is 15.3. The first kappa shape index (κ1) is 15.4. The van der Waals surface area contributed by atoms with E-state index in [-0.39, 0.29) is 0 Å². The molecule has 1 heterocycles. The normalized spacial score (nSPS) is 12.3. The molecular weight excluding hydrogens is 260 g/mol. The molecule has 0 aliphatic heterocycles. The minimum Gasteiger partial charge on any atom is -0.397 e. The number of aromatic nitrogens is 2. The van der Waals surface area contributed by atoms with Gasteiger partial charge in [-0.3, -0.25) is 4.68 Å². The van der Waals surface area contributed by atoms with Crippen LogP contribution in [0.3, 0.4) is 0 Å². The number of para-hydroxylation sites is 2. The van der Waals surface area contributed by atoms with E-state index in [4.69, 9.17) is 10.8 Å². The van der Waals surface area contributed by atoms with Crippen LogP contribution in [0.5, 0.6) is 0 Å². The summed E-state index contributed by atoms with van der Waals surface area (Å²) < 4.78 is 2.05. The number of nitrogen functional groups attached to an aromatic ring is 1. The Morgan fingerprint density at radius 1 is 1.24 bits per heavy atom. The third kappa shape index (κ3) is 3.78. The van der Waals surface area contributed by atoms with Gasteiger partial charge in [0.15, 0.2) is 0 Å². The largest absolute Gasteiger partial charge is 0.397 e. The van der Waals surface area contributed by atoms with Gasteiger partial charge in [-0.15, -0.1) is 0 Å². The molecule has 1 unspecified atom stereocenters. The van der Waals surface area contributed by atoms with Crippen LogP contribution in [0.25, 0.3) is 0 Å². The molecule has 0 saturated heterocycles. The van der Waals surface area contributed by atoms with Gasteiger partial charge >= 0.3 is 0 Å². The fourth-order valence-corrected chi connectivity index (χ4v) is 2.42. The molecule has 0 aliphatic carbocycles. The van der Waals surface area contributed by atoms with E-state index < -0.39 is 0 Å². The third-order valence-corrected chi connectivity index (χ3v) is 3.83. The molecule has 0 spiro atoms. The van der Waals surface area contributed by atoms with E-state index in [2.05, 4.69) is 44.0 Å². The summed E-state index contributed by atoms with van der Waals surface area (Å²) in [5.74, 6) is 0. The molecular formula is C17H26N4. The Bertz CT molecular complexity index is 561. The number of benzene rings is 1. The summed E-state index contributed by atoms with van der Waals surface area (Å²) >= 11 is 0. The second-order valence-corrected chi connectivity index (χ2v) is 5.52. The summed E-state index contributed by atoms with van der Waals surface area (Å²) in [6.07, 6.45) is 4.24. The predicted molar refractivity (Wildman–Crippen MR) is 89.4 cm³/mol. The van der Waals surface area contributed by atoms with Gasteiger partial charge in [0.05, 0.1) is 23.6 Å². The van der Waals surface area contributed by atoms with E-state index in [1.807, 2.05) is 22.9 Å². The van der Waals surface area contributed by atoms with E-state index in [1.165, 1.54) is 0 Å². The van der Waals surface area contributed by atoms with Gasteiger partial charge in [0, 0.05) is 18.8 Å². The SMILES string of the molecule is CCCN(Cc1ccn(C(C)CC)n1)c1ccccc1N. The summed E-state index contributed by atoms with van der Waals surface area (Å²) in [6.45, 7) is 8.33. The van der Waals surface area contributed by atoms with Gasteiger partial charge in [-0.2, -0.15) is 5.10 Å². The Hall–Kier alpha value is -1.97. The monoisotopic (exact) mass is 286 g/mol. The molecule has 1 aromatic carbocycles. The first-order valence-corrected chi connectivity index (χ1v) is 7.79. The fourth-order valence-electron chi connectivity index (χ4n) is 2.42. The molecule has 4 heteroatoms. The number of hydrogen-bond donors (Lipinski definition) is 1. The number of nitrogens with zero attached hydrogens (tertiary/aromatic N) is 3. The van der Waals surface area contributed by atoms with Crippen LogP contribution in [0, 0.1) is 0 Å². The van der Waals surface area contributed by atoms with E-state index in [9.17, 15) is 0 Å². The third-order valence-electron chi connectivity index (χ3n) is 3.83. The fraction of sp³-hybridized carbons (Fsp3) is 0.471. The second-order valence-electron chi connectivity index (χ2n) is 5.52. The van der Waals surface area contributed by atoms with Crippen molar-refractivity contribution in [3.63, 3.8) is 0 Å². The van der Waals surface area contributed by atoms with Crippen molar-refractivity contribution in [1.82, 2.24) is 9.78 Å². The van der Waals surface area contributed by atoms with E-state index in [0.29, 0.717) is 6.04 Å². The Balaban J connectivity index is 2.17. The lowest BCUT2D eigenvalue weighted by Crippen LogP contribution is -2.24. The molecule has 0 fully saturated rings. The standard InChI is InChI=1S/C17H26N4/c1-4-11-20(17-9-7-6-8-16(17)18)13-15-10-12-21(19-15)14(3)5-2/h6-10,12,14H,4-5,11,13,18H2,1-3H3. The Kier molecular flexibility index (Phi) is 5.26. The molecule has 21 heavy (non-hydrogen) atoms. The van der Waals surface area contributed by atoms with Crippen LogP contribution in [-0.4, -0.2) is 16.3 Å². The Labute approximate surface area is 127 Å². The molecule has 2 aromatic rings. The summed E-state index contributed by atoms with van der Waals surface area (Å²) in [5, 5.41) is 4.69. The summed E-state index contributed by atoms with van der Waals surface area (Å²) in [4.78, 5) is 2.30. The highest BCUT2D eigenvalue weighted by molar-refractivity contribution is 5.67. The van der Waals surface area contributed by atoms with Crippen LogP contribution >= 0.6 is 0 Å². The lowest BCUT2D eigenvalue weighted by Gasteiger charge is -2.24. The van der Waals surface area contributed by atoms with Crippen molar-refractivity contribution in [2.45, 2.75) is 46.2 Å². The Morgan fingerprint density at radius 2 is 2.00 bits per heavy atom. The van der Waals surface area contributed by atoms with Crippen molar-refractivity contribution in [2.75, 3.05) is 17.2 Å². The maximum atomic E-state index is 6.11. The zero-order valence-electron chi connectivity index (χ0n) is 13.3. The second kappa shape index (κ2) is 7.16. The summed E-state index contributed by atoms with van der Waals surface area (Å²) in [6, 6.07) is 10.6. The smallest absolute Gasteiger partial charge is 0.0817 e. The number of rotatable bonds is 7. The first-order valence-electron chi connectivity index (χ1n) is 7.79. The minimum atomic E-state index is 0.445. The molecule has 0 amide bonds. The van der Waals surface area contributed by atoms with Crippen molar-refractivity contribution < 1.29 is 0 Å². The van der Waals surface area contributed by atoms with Crippen LogP contribution in [0.2, 0.25) is 0 Å². The number of nitrogens with two attached hydrogens (primary N) is 1. The molecule has 0 radical (unpaired) electrons. The lowest BCUT2D eigenvalue weighted by molar-refractivity contribution is 0.473. The topological polar surface area (TPSA) is 47.1 Å². The van der Waals surface area contributed by atoms with Gasteiger partial charge in [-0.1, -0.05) is 26.0 Å². The Morgan fingerprint density at radius 3 is 2.67 bits per heavy atom. The molecule has 1 aromatic heterocycles. The van der Waals surface area contributed by atoms with Crippen molar-refractivity contribution in [1.29, 1.82) is 0 Å². The average Bonchev–Trinajstić information content (AvgIpc) is 2.95. The average molecular weight is 286 g/mol. The van der Waals surface area contributed by atoms with Crippen LogP contribution in [0.4, 0.5) is 11.4 Å². The molecule has 4 nitrogen and oxygen atoms in total. The van der Waals surface area contributed by atoms with Crippen LogP contribution in [0.1, 0.15) is 45.3 Å². The van der Waals surface area contributed by atoms with Gasteiger partial charge in [0.25, 0.3) is 0 Å². The van der Waals surface area contributed by atoms with Crippen molar-refractivity contribution in [3.05, 3.63) is 42.2 Å². The number of hydrogen-bond acceptors (Lipinski definition) is 3. The van der Waals surface area contributed by atoms with Gasteiger partial charge in [0.2, 0.25) is 0 Å². The first-order chi connectivity index (χ1) is 10.2. The van der Waals surface area contributed by atoms with Crippen molar-refractivity contribution in [2.24, 2.45) is 0 Å². The van der Waals surface area contributed by atoms with E-state index in [0.717, 1.165) is 43.0 Å². The highest BCUT2D eigenvalue weighted by Gasteiger charge is 2.12. The van der Waals surface area contributed by atoms with Crippen LogP contribution in [-0.2, 0) is 6.54 Å².